The number of alkyl halides is 2. The fourth-order valence-corrected chi connectivity index (χ4v) is 2.62. The third-order valence-electron chi connectivity index (χ3n) is 3.38. The molecule has 7 heteroatoms. The van der Waals surface area contributed by atoms with E-state index in [1.807, 2.05) is 0 Å². The molecule has 1 saturated heterocycles. The molecule has 3 nitrogen and oxygen atoms in total. The third-order valence-corrected chi connectivity index (χ3v) is 3.62. The zero-order chi connectivity index (χ0) is 14.8. The molecule has 0 amide bonds. The van der Waals surface area contributed by atoms with Crippen LogP contribution in [-0.4, -0.2) is 48.7 Å². The van der Waals surface area contributed by atoms with Gasteiger partial charge in [-0.15, -0.1) is 0 Å². The standard InChI is InChI=1S/C13H16ClF3N2O/c14-9-1-2-11(15)10(7-9)12(13(16,17)8-20)19-5-3-18-4-6-19/h1-2,7,12,18,20H,3-6,8H2/t12-/m1/s1. The van der Waals surface area contributed by atoms with Gasteiger partial charge < -0.3 is 10.4 Å². The van der Waals surface area contributed by atoms with E-state index in [2.05, 4.69) is 5.32 Å². The summed E-state index contributed by atoms with van der Waals surface area (Å²) in [7, 11) is 0. The van der Waals surface area contributed by atoms with Crippen molar-refractivity contribution in [3.8, 4) is 0 Å². The average Bonchev–Trinajstić information content (AvgIpc) is 2.44. The van der Waals surface area contributed by atoms with Gasteiger partial charge in [0.1, 0.15) is 18.5 Å². The Labute approximate surface area is 120 Å². The van der Waals surface area contributed by atoms with Crippen LogP contribution in [0.3, 0.4) is 0 Å². The normalized spacial score (nSPS) is 19.1. The fourth-order valence-electron chi connectivity index (χ4n) is 2.44. The lowest BCUT2D eigenvalue weighted by Gasteiger charge is -2.38. The van der Waals surface area contributed by atoms with Crippen molar-refractivity contribution in [3.05, 3.63) is 34.6 Å². The number of halogens is 4. The summed E-state index contributed by atoms with van der Waals surface area (Å²) in [5.74, 6) is -4.19. The maximum Gasteiger partial charge on any atom is 0.290 e. The van der Waals surface area contributed by atoms with Crippen LogP contribution in [0, 0.1) is 5.82 Å². The van der Waals surface area contributed by atoms with Crippen LogP contribution < -0.4 is 5.32 Å². The molecule has 1 heterocycles. The fraction of sp³-hybridized carbons (Fsp3) is 0.538. The van der Waals surface area contributed by atoms with Gasteiger partial charge in [-0.2, -0.15) is 0 Å². The quantitative estimate of drug-likeness (QED) is 0.894. The Balaban J connectivity index is 2.42. The van der Waals surface area contributed by atoms with Gasteiger partial charge in [0, 0.05) is 36.8 Å². The van der Waals surface area contributed by atoms with Crippen LogP contribution in [0.25, 0.3) is 0 Å². The van der Waals surface area contributed by atoms with Crippen molar-refractivity contribution >= 4 is 11.6 Å². The molecule has 0 bridgehead atoms. The summed E-state index contributed by atoms with van der Waals surface area (Å²) in [6.45, 7) is 0.451. The summed E-state index contributed by atoms with van der Waals surface area (Å²) >= 11 is 5.79. The first-order valence-corrected chi connectivity index (χ1v) is 6.72. The monoisotopic (exact) mass is 308 g/mol. The van der Waals surface area contributed by atoms with Crippen molar-refractivity contribution in [1.82, 2.24) is 10.2 Å². The van der Waals surface area contributed by atoms with E-state index >= 15 is 0 Å². The minimum absolute atomic E-state index is 0.182. The van der Waals surface area contributed by atoms with Crippen LogP contribution in [0.15, 0.2) is 18.2 Å². The molecule has 1 aromatic carbocycles. The van der Waals surface area contributed by atoms with E-state index in [4.69, 9.17) is 16.7 Å². The molecule has 2 rings (SSSR count). The smallest absolute Gasteiger partial charge is 0.290 e. The summed E-state index contributed by atoms with van der Waals surface area (Å²) in [5.41, 5.74) is -0.182. The predicted molar refractivity (Wildman–Crippen MR) is 70.6 cm³/mol. The summed E-state index contributed by atoms with van der Waals surface area (Å²) in [6, 6.07) is 2.06. The zero-order valence-electron chi connectivity index (χ0n) is 10.8. The minimum atomic E-state index is -3.44. The first-order valence-electron chi connectivity index (χ1n) is 6.34. The van der Waals surface area contributed by atoms with E-state index in [9.17, 15) is 13.2 Å². The van der Waals surface area contributed by atoms with Crippen LogP contribution in [0.4, 0.5) is 13.2 Å². The number of hydrogen-bond acceptors (Lipinski definition) is 3. The number of rotatable bonds is 4. The van der Waals surface area contributed by atoms with Gasteiger partial charge in [-0.05, 0) is 18.2 Å². The van der Waals surface area contributed by atoms with Gasteiger partial charge in [0.25, 0.3) is 5.92 Å². The Morgan fingerprint density at radius 1 is 1.35 bits per heavy atom. The molecule has 0 radical (unpaired) electrons. The maximum atomic E-state index is 14.1. The highest BCUT2D eigenvalue weighted by Crippen LogP contribution is 2.38. The maximum absolute atomic E-state index is 14.1. The summed E-state index contributed by atoms with van der Waals surface area (Å²) in [4.78, 5) is 1.47. The lowest BCUT2D eigenvalue weighted by molar-refractivity contribution is -0.119. The number of piperazine rings is 1. The predicted octanol–water partition coefficient (Wildman–Crippen LogP) is 2.05. The largest absolute Gasteiger partial charge is 0.390 e. The molecule has 1 aromatic rings. The number of nitrogens with one attached hydrogen (secondary N) is 1. The van der Waals surface area contributed by atoms with Gasteiger partial charge in [0.2, 0.25) is 0 Å². The van der Waals surface area contributed by atoms with Crippen molar-refractivity contribution in [3.63, 3.8) is 0 Å². The van der Waals surface area contributed by atoms with Crippen LogP contribution in [-0.2, 0) is 0 Å². The summed E-state index contributed by atoms with van der Waals surface area (Å²) < 4.78 is 42.1. The number of aliphatic hydroxyl groups is 1. The summed E-state index contributed by atoms with van der Waals surface area (Å²) in [5, 5.41) is 12.2. The topological polar surface area (TPSA) is 35.5 Å². The van der Waals surface area contributed by atoms with E-state index in [0.717, 1.165) is 6.07 Å². The van der Waals surface area contributed by atoms with Crippen molar-refractivity contribution in [1.29, 1.82) is 0 Å². The van der Waals surface area contributed by atoms with Crippen LogP contribution in [0.1, 0.15) is 11.6 Å². The number of hydrogen-bond donors (Lipinski definition) is 2. The molecule has 112 valence electrons. The van der Waals surface area contributed by atoms with E-state index in [1.165, 1.54) is 17.0 Å². The zero-order valence-corrected chi connectivity index (χ0v) is 11.5. The van der Waals surface area contributed by atoms with Crippen molar-refractivity contribution < 1.29 is 18.3 Å². The molecule has 1 aliphatic heterocycles. The van der Waals surface area contributed by atoms with Gasteiger partial charge in [-0.25, -0.2) is 13.2 Å². The Morgan fingerprint density at radius 3 is 2.60 bits per heavy atom. The Morgan fingerprint density at radius 2 is 2.00 bits per heavy atom. The number of benzene rings is 1. The highest BCUT2D eigenvalue weighted by Gasteiger charge is 2.45. The molecule has 20 heavy (non-hydrogen) atoms. The molecule has 1 fully saturated rings. The van der Waals surface area contributed by atoms with Crippen LogP contribution >= 0.6 is 11.6 Å². The van der Waals surface area contributed by atoms with E-state index in [1.54, 1.807) is 0 Å². The average molecular weight is 309 g/mol. The molecule has 0 spiro atoms. The van der Waals surface area contributed by atoms with Gasteiger partial charge in [0.05, 0.1) is 0 Å². The Bertz CT molecular complexity index is 467. The summed E-state index contributed by atoms with van der Waals surface area (Å²) in [6.07, 6.45) is 0. The van der Waals surface area contributed by atoms with Gasteiger partial charge in [0.15, 0.2) is 0 Å². The minimum Gasteiger partial charge on any atom is -0.390 e. The van der Waals surface area contributed by atoms with E-state index in [0.29, 0.717) is 26.2 Å². The molecule has 0 saturated carbocycles. The second kappa shape index (κ2) is 6.30. The molecule has 0 aliphatic carbocycles. The Kier molecular flexibility index (Phi) is 4.90. The van der Waals surface area contributed by atoms with Crippen molar-refractivity contribution in [2.75, 3.05) is 32.8 Å². The number of aliphatic hydroxyl groups excluding tert-OH is 1. The molecule has 1 aliphatic rings. The lowest BCUT2D eigenvalue weighted by Crippen LogP contribution is -2.51. The van der Waals surface area contributed by atoms with Crippen molar-refractivity contribution in [2.24, 2.45) is 0 Å². The first kappa shape index (κ1) is 15.6. The third kappa shape index (κ3) is 3.25. The van der Waals surface area contributed by atoms with Gasteiger partial charge in [-0.3, -0.25) is 4.90 Å². The second-order valence-corrected chi connectivity index (χ2v) is 5.21. The number of nitrogens with zero attached hydrogens (tertiary/aromatic N) is 1. The highest BCUT2D eigenvalue weighted by molar-refractivity contribution is 6.30. The van der Waals surface area contributed by atoms with Gasteiger partial charge >= 0.3 is 0 Å². The first-order chi connectivity index (χ1) is 9.45. The SMILES string of the molecule is OCC(F)(F)[C@@H](c1cc(Cl)ccc1F)N1CCNCC1. The van der Waals surface area contributed by atoms with E-state index in [-0.39, 0.29) is 10.6 Å². The van der Waals surface area contributed by atoms with Crippen LogP contribution in [0.2, 0.25) is 5.02 Å². The molecule has 0 unspecified atom stereocenters. The molecular formula is C13H16ClF3N2O. The lowest BCUT2D eigenvalue weighted by atomic mass is 9.97. The molecule has 0 aromatic heterocycles. The second-order valence-electron chi connectivity index (χ2n) is 4.77. The molecule has 2 N–H and O–H groups in total. The van der Waals surface area contributed by atoms with Crippen molar-refractivity contribution in [2.45, 2.75) is 12.0 Å². The van der Waals surface area contributed by atoms with Gasteiger partial charge in [-0.1, -0.05) is 11.6 Å². The van der Waals surface area contributed by atoms with Crippen LogP contribution in [0.5, 0.6) is 0 Å². The van der Waals surface area contributed by atoms with E-state index < -0.39 is 24.4 Å². The molecule has 1 atom stereocenters. The molecular weight excluding hydrogens is 293 g/mol. The Hall–Kier alpha value is -0.820. The highest BCUT2D eigenvalue weighted by atomic mass is 35.5.